The maximum Gasteiger partial charge on any atom is 0.123 e. The van der Waals surface area contributed by atoms with E-state index in [1.807, 2.05) is 18.2 Å². The average Bonchev–Trinajstić information content (AvgIpc) is 2.70. The Kier molecular flexibility index (Phi) is 4.83. The summed E-state index contributed by atoms with van der Waals surface area (Å²) in [5.74, 6) is -0.188. The van der Waals surface area contributed by atoms with E-state index in [0.29, 0.717) is 0 Å². The van der Waals surface area contributed by atoms with Crippen molar-refractivity contribution in [2.45, 2.75) is 18.9 Å². The van der Waals surface area contributed by atoms with E-state index >= 15 is 0 Å². The zero-order valence-corrected chi connectivity index (χ0v) is 14.7. The van der Waals surface area contributed by atoms with Gasteiger partial charge >= 0.3 is 0 Å². The molecule has 0 bridgehead atoms. The van der Waals surface area contributed by atoms with Gasteiger partial charge in [0, 0.05) is 12.2 Å². The third-order valence-corrected chi connectivity index (χ3v) is 5.04. The van der Waals surface area contributed by atoms with Crippen LogP contribution < -0.4 is 4.90 Å². The van der Waals surface area contributed by atoms with Gasteiger partial charge in [-0.25, -0.2) is 4.39 Å². The number of rotatable bonds is 4. The second kappa shape index (κ2) is 7.57. The Labute approximate surface area is 154 Å². The minimum Gasteiger partial charge on any atom is -0.364 e. The van der Waals surface area contributed by atoms with Crippen LogP contribution in [-0.2, 0) is 6.42 Å². The number of nitrogens with zero attached hydrogens (tertiary/aromatic N) is 1. The first-order chi connectivity index (χ1) is 12.8. The summed E-state index contributed by atoms with van der Waals surface area (Å²) in [5.41, 5.74) is 5.09. The van der Waals surface area contributed by atoms with Gasteiger partial charge in [0.15, 0.2) is 0 Å². The number of halogens is 1. The quantitative estimate of drug-likeness (QED) is 0.559. The Hall–Kier alpha value is -2.87. The van der Waals surface area contributed by atoms with E-state index in [1.54, 1.807) is 12.1 Å². The van der Waals surface area contributed by atoms with Gasteiger partial charge in [-0.2, -0.15) is 0 Å². The molecule has 26 heavy (non-hydrogen) atoms. The van der Waals surface area contributed by atoms with Crippen molar-refractivity contribution in [3.05, 3.63) is 107 Å². The van der Waals surface area contributed by atoms with E-state index < -0.39 is 0 Å². The van der Waals surface area contributed by atoms with Gasteiger partial charge in [-0.05, 0) is 53.8 Å². The zero-order valence-electron chi connectivity index (χ0n) is 14.7. The molecule has 1 nitrogen and oxygen atoms in total. The second-order valence-corrected chi connectivity index (χ2v) is 6.68. The SMILES string of the molecule is Fc1ccc(N2CCc3ccccc3C2C/C=C\c2ccccc2)cc1. The molecule has 0 radical (unpaired) electrons. The van der Waals surface area contributed by atoms with Crippen LogP contribution in [0.25, 0.3) is 6.08 Å². The molecule has 0 aromatic heterocycles. The number of anilines is 1. The minimum absolute atomic E-state index is 0.188. The van der Waals surface area contributed by atoms with Gasteiger partial charge in [-0.1, -0.05) is 66.7 Å². The third kappa shape index (κ3) is 3.55. The van der Waals surface area contributed by atoms with Crippen molar-refractivity contribution in [1.82, 2.24) is 0 Å². The van der Waals surface area contributed by atoms with Crippen molar-refractivity contribution in [2.24, 2.45) is 0 Å². The van der Waals surface area contributed by atoms with E-state index in [0.717, 1.165) is 25.1 Å². The highest BCUT2D eigenvalue weighted by Crippen LogP contribution is 2.36. The molecule has 1 unspecified atom stereocenters. The lowest BCUT2D eigenvalue weighted by molar-refractivity contribution is 0.586. The molecule has 0 spiro atoms. The van der Waals surface area contributed by atoms with Crippen LogP contribution >= 0.6 is 0 Å². The molecule has 2 heteroatoms. The van der Waals surface area contributed by atoms with Crippen molar-refractivity contribution in [1.29, 1.82) is 0 Å². The van der Waals surface area contributed by atoms with Crippen LogP contribution in [0.3, 0.4) is 0 Å². The molecule has 1 aliphatic heterocycles. The van der Waals surface area contributed by atoms with E-state index in [2.05, 4.69) is 65.6 Å². The van der Waals surface area contributed by atoms with E-state index in [4.69, 9.17) is 0 Å². The van der Waals surface area contributed by atoms with Gasteiger partial charge < -0.3 is 4.90 Å². The predicted octanol–water partition coefficient (Wildman–Crippen LogP) is 6.03. The molecule has 130 valence electrons. The highest BCUT2D eigenvalue weighted by Gasteiger charge is 2.26. The van der Waals surface area contributed by atoms with E-state index in [1.165, 1.54) is 16.7 Å². The lowest BCUT2D eigenvalue weighted by Gasteiger charge is -2.39. The van der Waals surface area contributed by atoms with Gasteiger partial charge in [0.2, 0.25) is 0 Å². The summed E-state index contributed by atoms with van der Waals surface area (Å²) in [5, 5.41) is 0. The fraction of sp³-hybridized carbons (Fsp3) is 0.167. The summed E-state index contributed by atoms with van der Waals surface area (Å²) in [6.07, 6.45) is 6.37. The zero-order chi connectivity index (χ0) is 17.8. The van der Waals surface area contributed by atoms with Crippen molar-refractivity contribution in [2.75, 3.05) is 11.4 Å². The topological polar surface area (TPSA) is 3.24 Å². The molecule has 0 saturated carbocycles. The van der Waals surface area contributed by atoms with Gasteiger partial charge in [-0.15, -0.1) is 0 Å². The lowest BCUT2D eigenvalue weighted by atomic mass is 9.90. The molecule has 0 fully saturated rings. The number of fused-ring (bicyclic) bond motifs is 1. The Morgan fingerprint density at radius 2 is 1.62 bits per heavy atom. The first-order valence-corrected chi connectivity index (χ1v) is 9.13. The number of benzene rings is 3. The Bertz CT molecular complexity index is 884. The molecule has 3 aromatic rings. The maximum atomic E-state index is 13.4. The fourth-order valence-electron chi connectivity index (χ4n) is 3.74. The minimum atomic E-state index is -0.188. The molecule has 0 amide bonds. The van der Waals surface area contributed by atoms with Crippen molar-refractivity contribution >= 4 is 11.8 Å². The monoisotopic (exact) mass is 343 g/mol. The number of hydrogen-bond donors (Lipinski definition) is 0. The Morgan fingerprint density at radius 1 is 0.885 bits per heavy atom. The van der Waals surface area contributed by atoms with E-state index in [-0.39, 0.29) is 11.9 Å². The lowest BCUT2D eigenvalue weighted by Crippen LogP contribution is -2.35. The third-order valence-electron chi connectivity index (χ3n) is 5.04. The van der Waals surface area contributed by atoms with Gasteiger partial charge in [0.1, 0.15) is 5.82 Å². The molecule has 3 aromatic carbocycles. The molecule has 1 heterocycles. The number of hydrogen-bond acceptors (Lipinski definition) is 1. The summed E-state index contributed by atoms with van der Waals surface area (Å²) < 4.78 is 13.4. The van der Waals surface area contributed by atoms with Gasteiger partial charge in [0.25, 0.3) is 0 Å². The molecule has 1 atom stereocenters. The Balaban J connectivity index is 1.63. The first-order valence-electron chi connectivity index (χ1n) is 9.13. The van der Waals surface area contributed by atoms with Crippen LogP contribution in [0.15, 0.2) is 84.9 Å². The largest absolute Gasteiger partial charge is 0.364 e. The standard InChI is InChI=1S/C24H22FN/c25-21-13-15-22(16-14-21)26-18-17-20-10-4-5-11-23(20)24(26)12-6-9-19-7-2-1-3-8-19/h1-11,13-16,24H,12,17-18H2/b9-6-. The molecule has 0 saturated heterocycles. The maximum absolute atomic E-state index is 13.4. The molecule has 0 aliphatic carbocycles. The smallest absolute Gasteiger partial charge is 0.123 e. The Morgan fingerprint density at radius 3 is 2.42 bits per heavy atom. The summed E-state index contributed by atoms with van der Waals surface area (Å²) >= 11 is 0. The van der Waals surface area contributed by atoms with Crippen molar-refractivity contribution in [3.63, 3.8) is 0 Å². The second-order valence-electron chi connectivity index (χ2n) is 6.68. The molecular formula is C24H22FN. The summed E-state index contributed by atoms with van der Waals surface area (Å²) in [6.45, 7) is 0.951. The average molecular weight is 343 g/mol. The van der Waals surface area contributed by atoms with Crippen LogP contribution in [0.4, 0.5) is 10.1 Å². The van der Waals surface area contributed by atoms with Crippen LogP contribution in [-0.4, -0.2) is 6.54 Å². The van der Waals surface area contributed by atoms with Crippen LogP contribution in [0, 0.1) is 5.82 Å². The summed E-state index contributed by atoms with van der Waals surface area (Å²) in [6, 6.07) is 26.2. The summed E-state index contributed by atoms with van der Waals surface area (Å²) in [4.78, 5) is 2.40. The first kappa shape index (κ1) is 16.6. The highest BCUT2D eigenvalue weighted by molar-refractivity contribution is 5.54. The van der Waals surface area contributed by atoms with E-state index in [9.17, 15) is 4.39 Å². The van der Waals surface area contributed by atoms with Crippen LogP contribution in [0.1, 0.15) is 29.2 Å². The molecular weight excluding hydrogens is 321 g/mol. The highest BCUT2D eigenvalue weighted by atomic mass is 19.1. The fourth-order valence-corrected chi connectivity index (χ4v) is 3.74. The van der Waals surface area contributed by atoms with Gasteiger partial charge in [-0.3, -0.25) is 0 Å². The van der Waals surface area contributed by atoms with Crippen molar-refractivity contribution in [3.8, 4) is 0 Å². The van der Waals surface area contributed by atoms with Crippen LogP contribution in [0.2, 0.25) is 0 Å². The summed E-state index contributed by atoms with van der Waals surface area (Å²) in [7, 11) is 0. The van der Waals surface area contributed by atoms with Crippen LogP contribution in [0.5, 0.6) is 0 Å². The van der Waals surface area contributed by atoms with Crippen molar-refractivity contribution < 1.29 is 4.39 Å². The molecule has 1 aliphatic rings. The normalized spacial score (nSPS) is 16.7. The van der Waals surface area contributed by atoms with Gasteiger partial charge in [0.05, 0.1) is 6.04 Å². The molecule has 0 N–H and O–H groups in total. The predicted molar refractivity (Wildman–Crippen MR) is 107 cm³/mol. The molecule has 4 rings (SSSR count).